The van der Waals surface area contributed by atoms with Gasteiger partial charge in [0.25, 0.3) is 0 Å². The van der Waals surface area contributed by atoms with E-state index in [2.05, 4.69) is 43.6 Å². The minimum Gasteiger partial charge on any atom is -0.462 e. The Labute approximate surface area is 609 Å². The van der Waals surface area contributed by atoms with Crippen molar-refractivity contribution < 1.29 is 115 Å². The maximum atomic E-state index is 14.8. The monoisotopic (exact) mass is 1500 g/mol. The number of phosphoric ester groups is 2. The second kappa shape index (κ2) is 57.8. The van der Waals surface area contributed by atoms with Crippen LogP contribution in [0.15, 0.2) is 12.2 Å². The molecule has 0 spiro atoms. The van der Waals surface area contributed by atoms with E-state index in [9.17, 15) is 77.9 Å². The summed E-state index contributed by atoms with van der Waals surface area (Å²) in [5.74, 6) is -5.19. The minimum absolute atomic E-state index is 0.0319. The number of carbonyl (C=O) groups is 6. The predicted octanol–water partition coefficient (Wildman–Crippen LogP) is 13.0. The number of Topliss-reactive ketones (excluding diaryl/α,β-unsaturated/α-hetero) is 1. The van der Waals surface area contributed by atoms with Crippen LogP contribution in [0.2, 0.25) is 0 Å². The molecule has 0 radical (unpaired) electrons. The van der Waals surface area contributed by atoms with E-state index in [0.717, 1.165) is 180 Å². The van der Waals surface area contributed by atoms with Gasteiger partial charge in [0.05, 0.1) is 51.1 Å². The highest BCUT2D eigenvalue weighted by Crippen LogP contribution is 2.44. The Morgan fingerprint density at radius 3 is 1.33 bits per heavy atom. The van der Waals surface area contributed by atoms with E-state index < -0.39 is 170 Å². The van der Waals surface area contributed by atoms with E-state index in [1.165, 1.54) is 25.7 Å². The molecule has 2 fully saturated rings. The summed E-state index contributed by atoms with van der Waals surface area (Å²) >= 11 is 0. The van der Waals surface area contributed by atoms with Crippen molar-refractivity contribution in [3.05, 3.63) is 12.2 Å². The van der Waals surface area contributed by atoms with Gasteiger partial charge >= 0.3 is 33.6 Å². The van der Waals surface area contributed by atoms with Gasteiger partial charge in [-0.05, 0) is 64.2 Å². The largest absolute Gasteiger partial charge is 0.472 e. The highest BCUT2D eigenvalue weighted by molar-refractivity contribution is 7.46. The molecule has 0 aromatic carbocycles. The Hall–Kier alpha value is -3.30. The molecule has 0 bridgehead atoms. The van der Waals surface area contributed by atoms with Gasteiger partial charge in [0.1, 0.15) is 48.4 Å². The van der Waals surface area contributed by atoms with Crippen LogP contribution in [-0.2, 0) is 75.4 Å². The fourth-order valence-corrected chi connectivity index (χ4v) is 13.9. The van der Waals surface area contributed by atoms with Crippen molar-refractivity contribution in [2.24, 2.45) is 0 Å². The molecular weight excluding hydrogens is 1360 g/mol. The number of aliphatic hydroxyl groups excluding tert-OH is 4. The van der Waals surface area contributed by atoms with E-state index in [0.29, 0.717) is 32.1 Å². The number of ether oxygens (including phenoxy) is 6. The van der Waals surface area contributed by atoms with Crippen molar-refractivity contribution >= 4 is 51.2 Å². The van der Waals surface area contributed by atoms with Crippen LogP contribution in [0.1, 0.15) is 330 Å². The van der Waals surface area contributed by atoms with Crippen LogP contribution >= 0.6 is 15.6 Å². The molecule has 2 aliphatic heterocycles. The van der Waals surface area contributed by atoms with Crippen molar-refractivity contribution in [3.8, 4) is 0 Å². The van der Waals surface area contributed by atoms with Crippen LogP contribution in [0, 0.1) is 0 Å². The number of phosphoric acid groups is 2. The Bertz CT molecular complexity index is 2360. The van der Waals surface area contributed by atoms with Gasteiger partial charge in [-0.2, -0.15) is 0 Å². The van der Waals surface area contributed by atoms with Gasteiger partial charge < -0.3 is 79.1 Å². The third-order valence-electron chi connectivity index (χ3n) is 18.6. The van der Waals surface area contributed by atoms with Crippen molar-refractivity contribution in [2.45, 2.75) is 410 Å². The van der Waals surface area contributed by atoms with Gasteiger partial charge in [-0.3, -0.25) is 37.8 Å². The highest BCUT2D eigenvalue weighted by atomic mass is 31.2. The van der Waals surface area contributed by atoms with Crippen LogP contribution in [0.3, 0.4) is 0 Å². The number of esters is 3. The van der Waals surface area contributed by atoms with E-state index in [1.54, 1.807) is 0 Å². The quantitative estimate of drug-likeness (QED) is 0.00675. The van der Waals surface area contributed by atoms with Crippen LogP contribution in [0.4, 0.5) is 0 Å². The molecule has 26 nitrogen and oxygen atoms in total. The number of rotatable bonds is 64. The molecule has 102 heavy (non-hydrogen) atoms. The number of carbonyl (C=O) groups excluding carboxylic acids is 6. The molecule has 596 valence electrons. The lowest BCUT2D eigenvalue weighted by Crippen LogP contribution is -2.68. The van der Waals surface area contributed by atoms with E-state index >= 15 is 0 Å². The molecule has 13 atom stereocenters. The number of hydrogen-bond acceptors (Lipinski definition) is 20. The molecule has 0 unspecified atom stereocenters. The van der Waals surface area contributed by atoms with E-state index in [1.807, 2.05) is 13.8 Å². The summed E-state index contributed by atoms with van der Waals surface area (Å²) in [4.78, 5) is 125. The fraction of sp³-hybridized carbons (Fsp3) is 0.892. The average molecular weight is 1500 g/mol. The van der Waals surface area contributed by atoms with Gasteiger partial charge in [0.2, 0.25) is 11.8 Å². The first-order valence-corrected chi connectivity index (χ1v) is 42.3. The molecule has 2 amide bonds. The Balaban J connectivity index is 2.69. The SMILES string of the molecule is CCCCCC/C=C/CCCCCC(=O)O[C@H](CCCCCCCCCCC)CC(=O)N[C@H]1[C@H](OC[C@H]2O[C@H](OP(=O)(O)O)[C@H](NC(=O)CC(=O)CCCCCCCCCCC)[C@@H](OC(=O)C[C@H](O)CCCCCCC)[C@@H]2O)O[C@H](CO)[C@@H](OP(=O)(O)O)[C@@H]1OC(=O)C[C@H](O)CCCCCCC. The Morgan fingerprint density at radius 2 is 0.853 bits per heavy atom. The zero-order valence-corrected chi connectivity index (χ0v) is 64.4. The fourth-order valence-electron chi connectivity index (χ4n) is 12.8. The maximum absolute atomic E-state index is 14.8. The van der Waals surface area contributed by atoms with Gasteiger partial charge in [0, 0.05) is 12.8 Å². The zero-order valence-electron chi connectivity index (χ0n) is 62.6. The molecule has 0 aromatic rings. The van der Waals surface area contributed by atoms with Crippen LogP contribution in [0.5, 0.6) is 0 Å². The summed E-state index contributed by atoms with van der Waals surface area (Å²) in [7, 11) is -11.3. The number of nitrogens with one attached hydrogen (secondary N) is 2. The minimum atomic E-state index is -5.66. The molecule has 0 saturated carbocycles. The molecule has 2 aliphatic rings. The predicted molar refractivity (Wildman–Crippen MR) is 387 cm³/mol. The summed E-state index contributed by atoms with van der Waals surface area (Å²) in [5, 5.41) is 50.3. The normalized spacial score (nSPS) is 21.9. The third-order valence-corrected chi connectivity index (χ3v) is 19.6. The number of ketones is 1. The number of aliphatic hydroxyl groups is 4. The molecule has 2 rings (SSSR count). The summed E-state index contributed by atoms with van der Waals surface area (Å²) in [6.45, 7) is 8.44. The van der Waals surface area contributed by atoms with Crippen LogP contribution in [0.25, 0.3) is 0 Å². The molecule has 0 aromatic heterocycles. The molecule has 10 N–H and O–H groups in total. The Morgan fingerprint density at radius 1 is 0.451 bits per heavy atom. The molecule has 2 heterocycles. The highest BCUT2D eigenvalue weighted by Gasteiger charge is 2.55. The first-order valence-electron chi connectivity index (χ1n) is 39.3. The number of allylic oxidation sites excluding steroid dienone is 2. The lowest BCUT2D eigenvalue weighted by atomic mass is 9.95. The van der Waals surface area contributed by atoms with E-state index in [4.69, 9.17) is 37.5 Å². The number of hydrogen-bond donors (Lipinski definition) is 10. The average Bonchev–Trinajstić information content (AvgIpc) is 0.788. The summed E-state index contributed by atoms with van der Waals surface area (Å²) in [5.41, 5.74) is 0. The summed E-state index contributed by atoms with van der Waals surface area (Å²) in [6, 6.07) is -3.86. The maximum Gasteiger partial charge on any atom is 0.472 e. The molecule has 28 heteroatoms. The summed E-state index contributed by atoms with van der Waals surface area (Å²) in [6.07, 6.45) is 17.1. The van der Waals surface area contributed by atoms with Crippen molar-refractivity contribution in [1.82, 2.24) is 10.6 Å². The van der Waals surface area contributed by atoms with Crippen LogP contribution < -0.4 is 10.6 Å². The van der Waals surface area contributed by atoms with Gasteiger partial charge in [0.15, 0.2) is 24.8 Å². The first-order chi connectivity index (χ1) is 48.9. The van der Waals surface area contributed by atoms with Gasteiger partial charge in [-0.1, -0.05) is 239 Å². The third kappa shape index (κ3) is 46.0. The number of unbranched alkanes of at least 4 members (excludes halogenated alkanes) is 31. The first kappa shape index (κ1) is 94.8. The Kier molecular flexibility index (Phi) is 53.7. The second-order valence-electron chi connectivity index (χ2n) is 28.1. The molecular formula is C74H136N2O24P2. The summed E-state index contributed by atoms with van der Waals surface area (Å²) < 4.78 is 71.9. The van der Waals surface area contributed by atoms with E-state index in [-0.39, 0.29) is 32.1 Å². The zero-order chi connectivity index (χ0) is 75.4. The second-order valence-corrected chi connectivity index (χ2v) is 30.5. The lowest BCUT2D eigenvalue weighted by Gasteiger charge is -2.47. The van der Waals surface area contributed by atoms with Gasteiger partial charge in [-0.15, -0.1) is 0 Å². The molecule has 2 saturated heterocycles. The lowest BCUT2D eigenvalue weighted by molar-refractivity contribution is -0.296. The standard InChI is InChI=1S/C74H136N2O24P2/c1-6-11-16-21-24-27-28-31-34-39-44-49-64(83)94-59(48-43-38-33-30-26-23-18-13-8-3)53-63(82)76-68-72(98-66(85)52-58(80)47-41-36-20-15-10-5)70(99-101(87,88)89)60(54-77)95-73(68)93-55-61-69(86)71(97-65(84)51-57(79)46-40-35-19-14-9-4)67(74(96-61)100-102(90,91)92)75-62(81)50-56(78)45-42-37-32-29-25-22-17-12-7-2/h27-28,57-61,67-74,77,79-80,86H,6-26,29-55H2,1-5H3,(H,75,81)(H,76,82)(H2,87,88,89)(H2,90,91,92)/b28-27+/t57-,58-,59-,60-,61-,67-,68-,69-,70-,71-,72-,73-,74-/m1/s1. The van der Waals surface area contributed by atoms with Gasteiger partial charge in [-0.25, -0.2) is 9.13 Å². The van der Waals surface area contributed by atoms with Crippen molar-refractivity contribution in [3.63, 3.8) is 0 Å². The molecule has 0 aliphatic carbocycles. The van der Waals surface area contributed by atoms with Crippen molar-refractivity contribution in [1.29, 1.82) is 0 Å². The topological polar surface area (TPSA) is 396 Å². The van der Waals surface area contributed by atoms with Crippen LogP contribution in [-0.4, -0.2) is 168 Å². The smallest absolute Gasteiger partial charge is 0.462 e. The van der Waals surface area contributed by atoms with Crippen molar-refractivity contribution in [2.75, 3.05) is 13.2 Å². The number of amides is 2.